The van der Waals surface area contributed by atoms with Crippen LogP contribution >= 0.6 is 0 Å². The summed E-state index contributed by atoms with van der Waals surface area (Å²) < 4.78 is 4.75. The lowest BCUT2D eigenvalue weighted by atomic mass is 9.97. The molecular weight excluding hydrogens is 274 g/mol. The van der Waals surface area contributed by atoms with Gasteiger partial charge in [0, 0.05) is 19.2 Å². The molecule has 0 N–H and O–H groups in total. The molecule has 1 aromatic carbocycles. The Morgan fingerprint density at radius 1 is 1.57 bits per heavy atom. The van der Waals surface area contributed by atoms with Crippen LogP contribution in [0.2, 0.25) is 0 Å². The second kappa shape index (κ2) is 6.22. The fourth-order valence-electron chi connectivity index (χ4n) is 2.56. The highest BCUT2D eigenvalue weighted by Crippen LogP contribution is 2.32. The number of nitriles is 1. The zero-order valence-electron chi connectivity index (χ0n) is 11.6. The topological polar surface area (TPSA) is 96.5 Å². The highest BCUT2D eigenvalue weighted by molar-refractivity contribution is 5.74. The molecule has 7 nitrogen and oxygen atoms in total. The van der Waals surface area contributed by atoms with Crippen LogP contribution in [0.15, 0.2) is 18.2 Å². The smallest absolute Gasteiger partial charge is 0.310 e. The highest BCUT2D eigenvalue weighted by atomic mass is 16.6. The van der Waals surface area contributed by atoms with Crippen molar-refractivity contribution in [3.05, 3.63) is 33.9 Å². The molecule has 0 bridgehead atoms. The third kappa shape index (κ3) is 3.11. The van der Waals surface area contributed by atoms with Gasteiger partial charge in [-0.05, 0) is 25.0 Å². The maximum absolute atomic E-state index is 11.6. The van der Waals surface area contributed by atoms with Crippen LogP contribution in [0.5, 0.6) is 0 Å². The van der Waals surface area contributed by atoms with E-state index in [4.69, 9.17) is 10.00 Å². The summed E-state index contributed by atoms with van der Waals surface area (Å²) in [5.74, 6) is -0.574. The van der Waals surface area contributed by atoms with E-state index in [1.807, 2.05) is 11.0 Å². The number of carbonyl (C=O) groups is 1. The molecule has 1 fully saturated rings. The highest BCUT2D eigenvalue weighted by Gasteiger charge is 2.29. The number of hydrogen-bond acceptors (Lipinski definition) is 6. The van der Waals surface area contributed by atoms with Gasteiger partial charge in [-0.1, -0.05) is 0 Å². The minimum atomic E-state index is -0.502. The van der Waals surface area contributed by atoms with Crippen LogP contribution in [-0.2, 0) is 9.53 Å². The number of piperidine rings is 1. The SMILES string of the molecule is COC(=O)[C@H]1CCCN(c2ccc(C#N)cc2[N+](=O)[O-])C1. The molecule has 1 heterocycles. The second-order valence-corrected chi connectivity index (χ2v) is 4.88. The number of carbonyl (C=O) groups excluding carboxylic acids is 1. The molecule has 0 radical (unpaired) electrons. The molecule has 1 atom stereocenters. The van der Waals surface area contributed by atoms with Gasteiger partial charge >= 0.3 is 5.97 Å². The van der Waals surface area contributed by atoms with Gasteiger partial charge in [-0.3, -0.25) is 14.9 Å². The Bertz CT molecular complexity index is 609. The molecular formula is C14H15N3O4. The van der Waals surface area contributed by atoms with E-state index in [9.17, 15) is 14.9 Å². The van der Waals surface area contributed by atoms with Gasteiger partial charge in [0.05, 0.1) is 29.6 Å². The first-order chi connectivity index (χ1) is 10.1. The molecule has 1 aromatic rings. The Morgan fingerprint density at radius 2 is 2.33 bits per heavy atom. The molecule has 2 rings (SSSR count). The zero-order valence-corrected chi connectivity index (χ0v) is 11.6. The summed E-state index contributed by atoms with van der Waals surface area (Å²) in [7, 11) is 1.34. The summed E-state index contributed by atoms with van der Waals surface area (Å²) >= 11 is 0. The number of nitrogens with zero attached hydrogens (tertiary/aromatic N) is 3. The van der Waals surface area contributed by atoms with Gasteiger partial charge in [-0.15, -0.1) is 0 Å². The van der Waals surface area contributed by atoms with E-state index in [1.165, 1.54) is 13.2 Å². The van der Waals surface area contributed by atoms with E-state index in [0.29, 0.717) is 25.2 Å². The van der Waals surface area contributed by atoms with Crippen molar-refractivity contribution in [3.8, 4) is 6.07 Å². The fourth-order valence-corrected chi connectivity index (χ4v) is 2.56. The molecule has 110 valence electrons. The standard InChI is InChI=1S/C14H15N3O4/c1-21-14(18)11-3-2-6-16(9-11)12-5-4-10(8-15)7-13(12)17(19)20/h4-5,7,11H,2-3,6,9H2,1H3/t11-/m0/s1. The maximum Gasteiger partial charge on any atom is 0.310 e. The molecule has 0 amide bonds. The molecule has 0 aromatic heterocycles. The van der Waals surface area contributed by atoms with E-state index in [0.717, 1.165) is 6.42 Å². The predicted octanol–water partition coefficient (Wildman–Crippen LogP) is 1.86. The molecule has 0 spiro atoms. The number of esters is 1. The Kier molecular flexibility index (Phi) is 4.38. The predicted molar refractivity (Wildman–Crippen MR) is 74.8 cm³/mol. The summed E-state index contributed by atoms with van der Waals surface area (Å²) in [6.07, 6.45) is 1.48. The first-order valence-electron chi connectivity index (χ1n) is 6.58. The molecule has 7 heteroatoms. The first kappa shape index (κ1) is 14.8. The molecule has 0 saturated carbocycles. The number of hydrogen-bond donors (Lipinski definition) is 0. The number of benzene rings is 1. The lowest BCUT2D eigenvalue weighted by molar-refractivity contribution is -0.384. The van der Waals surface area contributed by atoms with Crippen LogP contribution in [0, 0.1) is 27.4 Å². The third-order valence-corrected chi connectivity index (χ3v) is 3.60. The van der Waals surface area contributed by atoms with Gasteiger partial charge < -0.3 is 9.64 Å². The molecule has 0 unspecified atom stereocenters. The zero-order chi connectivity index (χ0) is 15.4. The number of anilines is 1. The van der Waals surface area contributed by atoms with Crippen molar-refractivity contribution in [2.75, 3.05) is 25.1 Å². The number of ether oxygens (including phenoxy) is 1. The van der Waals surface area contributed by atoms with Crippen LogP contribution in [0.4, 0.5) is 11.4 Å². The summed E-state index contributed by atoms with van der Waals surface area (Å²) in [5.41, 5.74) is 0.569. The largest absolute Gasteiger partial charge is 0.469 e. The lowest BCUT2D eigenvalue weighted by Gasteiger charge is -2.32. The first-order valence-corrected chi connectivity index (χ1v) is 6.58. The summed E-state index contributed by atoms with van der Waals surface area (Å²) in [6.45, 7) is 1.03. The van der Waals surface area contributed by atoms with Crippen molar-refractivity contribution in [1.82, 2.24) is 0 Å². The third-order valence-electron chi connectivity index (χ3n) is 3.60. The Hall–Kier alpha value is -2.62. The summed E-state index contributed by atoms with van der Waals surface area (Å²) in [6, 6.07) is 6.26. The van der Waals surface area contributed by atoms with Crippen molar-refractivity contribution in [3.63, 3.8) is 0 Å². The Labute approximate surface area is 121 Å². The van der Waals surface area contributed by atoms with Crippen molar-refractivity contribution in [2.24, 2.45) is 5.92 Å². The van der Waals surface area contributed by atoms with Crippen LogP contribution < -0.4 is 4.90 Å². The van der Waals surface area contributed by atoms with E-state index in [2.05, 4.69) is 0 Å². The van der Waals surface area contributed by atoms with Crippen molar-refractivity contribution in [1.29, 1.82) is 5.26 Å². The van der Waals surface area contributed by atoms with Crippen molar-refractivity contribution < 1.29 is 14.5 Å². The van der Waals surface area contributed by atoms with Gasteiger partial charge in [0.2, 0.25) is 0 Å². The van der Waals surface area contributed by atoms with E-state index in [-0.39, 0.29) is 23.1 Å². The summed E-state index contributed by atoms with van der Waals surface area (Å²) in [5, 5.41) is 20.0. The maximum atomic E-state index is 11.6. The van der Waals surface area contributed by atoms with E-state index < -0.39 is 4.92 Å². The Morgan fingerprint density at radius 3 is 2.95 bits per heavy atom. The minimum absolute atomic E-state index is 0.112. The molecule has 21 heavy (non-hydrogen) atoms. The number of rotatable bonds is 3. The Balaban J connectivity index is 2.31. The van der Waals surface area contributed by atoms with E-state index in [1.54, 1.807) is 12.1 Å². The molecule has 1 saturated heterocycles. The van der Waals surface area contributed by atoms with Crippen LogP contribution in [-0.4, -0.2) is 31.1 Å². The average molecular weight is 289 g/mol. The van der Waals surface area contributed by atoms with Crippen molar-refractivity contribution in [2.45, 2.75) is 12.8 Å². The van der Waals surface area contributed by atoms with Gasteiger partial charge in [-0.25, -0.2) is 0 Å². The normalized spacial score (nSPS) is 17.9. The van der Waals surface area contributed by atoms with Crippen molar-refractivity contribution >= 4 is 17.3 Å². The molecule has 1 aliphatic rings. The van der Waals surface area contributed by atoms with Gasteiger partial charge in [-0.2, -0.15) is 5.26 Å². The minimum Gasteiger partial charge on any atom is -0.469 e. The number of nitro groups is 1. The van der Waals surface area contributed by atoms with Gasteiger partial charge in [0.25, 0.3) is 5.69 Å². The molecule has 1 aliphatic heterocycles. The summed E-state index contributed by atoms with van der Waals surface area (Å²) in [4.78, 5) is 24.1. The van der Waals surface area contributed by atoms with Gasteiger partial charge in [0.1, 0.15) is 5.69 Å². The van der Waals surface area contributed by atoms with Crippen LogP contribution in [0.1, 0.15) is 18.4 Å². The number of methoxy groups -OCH3 is 1. The quantitative estimate of drug-likeness (QED) is 0.478. The second-order valence-electron chi connectivity index (χ2n) is 4.88. The van der Waals surface area contributed by atoms with Crippen LogP contribution in [0.25, 0.3) is 0 Å². The van der Waals surface area contributed by atoms with Crippen LogP contribution in [0.3, 0.4) is 0 Å². The average Bonchev–Trinajstić information content (AvgIpc) is 2.53. The lowest BCUT2D eigenvalue weighted by Crippen LogP contribution is -2.39. The van der Waals surface area contributed by atoms with E-state index >= 15 is 0 Å². The monoisotopic (exact) mass is 289 g/mol. The molecule has 0 aliphatic carbocycles. The number of nitro benzene ring substituents is 1. The fraction of sp³-hybridized carbons (Fsp3) is 0.429. The van der Waals surface area contributed by atoms with Gasteiger partial charge in [0.15, 0.2) is 0 Å².